The molecule has 0 radical (unpaired) electrons. The van der Waals surface area contributed by atoms with Gasteiger partial charge in [-0.3, -0.25) is 9.59 Å². The molecule has 1 aliphatic rings. The fraction of sp³-hybridized carbons (Fsp3) is 0.375. The van der Waals surface area contributed by atoms with E-state index in [4.69, 9.17) is 4.74 Å². The monoisotopic (exact) mass is 314 g/mol. The summed E-state index contributed by atoms with van der Waals surface area (Å²) in [4.78, 5) is 27.9. The molecular weight excluding hydrogens is 296 g/mol. The summed E-state index contributed by atoms with van der Waals surface area (Å²) in [5.74, 6) is 0.120. The van der Waals surface area contributed by atoms with Crippen LogP contribution in [0.4, 0.5) is 0 Å². The first-order valence-corrected chi connectivity index (χ1v) is 7.63. The standard InChI is InChI=1S/C16H18N4O3/c1-2-23-16-12(4-3-7-17-16)15(22)18-11-5-6-13-10(8-11)9-14(21)20-19-13/h3-4,7,9,11H,2,5-6,8H2,1H3,(H,18,22)(H,20,21)/t11-/m1/s1. The first-order chi connectivity index (χ1) is 11.2. The summed E-state index contributed by atoms with van der Waals surface area (Å²) in [7, 11) is 0. The van der Waals surface area contributed by atoms with E-state index in [9.17, 15) is 9.59 Å². The van der Waals surface area contributed by atoms with Crippen LogP contribution >= 0.6 is 0 Å². The molecule has 7 heteroatoms. The highest BCUT2D eigenvalue weighted by atomic mass is 16.5. The molecule has 1 atom stereocenters. The summed E-state index contributed by atoms with van der Waals surface area (Å²) in [6.45, 7) is 2.29. The van der Waals surface area contributed by atoms with Crippen molar-refractivity contribution < 1.29 is 9.53 Å². The van der Waals surface area contributed by atoms with Crippen molar-refractivity contribution in [3.8, 4) is 5.88 Å². The smallest absolute Gasteiger partial charge is 0.264 e. The number of H-pyrrole nitrogens is 1. The molecule has 2 aromatic heterocycles. The van der Waals surface area contributed by atoms with Crippen LogP contribution in [0.15, 0.2) is 29.2 Å². The Morgan fingerprint density at radius 2 is 2.39 bits per heavy atom. The largest absolute Gasteiger partial charge is 0.477 e. The zero-order valence-electron chi connectivity index (χ0n) is 12.8. The normalized spacial score (nSPS) is 16.5. The van der Waals surface area contributed by atoms with E-state index in [0.717, 1.165) is 24.1 Å². The minimum Gasteiger partial charge on any atom is -0.477 e. The number of nitrogens with zero attached hydrogens (tertiary/aromatic N) is 2. The van der Waals surface area contributed by atoms with Gasteiger partial charge < -0.3 is 10.1 Å². The van der Waals surface area contributed by atoms with Crippen LogP contribution in [-0.4, -0.2) is 33.7 Å². The summed E-state index contributed by atoms with van der Waals surface area (Å²) in [5, 5.41) is 9.49. The number of aryl methyl sites for hydroxylation is 1. The van der Waals surface area contributed by atoms with Crippen molar-refractivity contribution in [1.82, 2.24) is 20.5 Å². The molecule has 0 aromatic carbocycles. The van der Waals surface area contributed by atoms with E-state index in [2.05, 4.69) is 20.5 Å². The Labute approximate surface area is 133 Å². The lowest BCUT2D eigenvalue weighted by molar-refractivity contribution is 0.0928. The number of hydrogen-bond donors (Lipinski definition) is 2. The zero-order valence-corrected chi connectivity index (χ0v) is 12.8. The van der Waals surface area contributed by atoms with Gasteiger partial charge in [0.2, 0.25) is 5.88 Å². The van der Waals surface area contributed by atoms with Crippen LogP contribution in [0.5, 0.6) is 5.88 Å². The van der Waals surface area contributed by atoms with Crippen LogP contribution in [0.3, 0.4) is 0 Å². The van der Waals surface area contributed by atoms with Crippen LogP contribution in [-0.2, 0) is 12.8 Å². The van der Waals surface area contributed by atoms with Gasteiger partial charge >= 0.3 is 0 Å². The van der Waals surface area contributed by atoms with Gasteiger partial charge in [-0.1, -0.05) is 0 Å². The van der Waals surface area contributed by atoms with E-state index in [1.165, 1.54) is 0 Å². The summed E-state index contributed by atoms with van der Waals surface area (Å²) in [5.41, 5.74) is 1.98. The Morgan fingerprint density at radius 1 is 1.52 bits per heavy atom. The number of aromatic nitrogens is 3. The molecule has 1 amide bonds. The average Bonchev–Trinajstić information content (AvgIpc) is 2.55. The summed E-state index contributed by atoms with van der Waals surface area (Å²) >= 11 is 0. The first kappa shape index (κ1) is 15.2. The third-order valence-corrected chi connectivity index (χ3v) is 3.81. The molecule has 7 nitrogen and oxygen atoms in total. The fourth-order valence-electron chi connectivity index (χ4n) is 2.74. The van der Waals surface area contributed by atoms with Crippen molar-refractivity contribution >= 4 is 5.91 Å². The maximum Gasteiger partial charge on any atom is 0.264 e. The summed E-state index contributed by atoms with van der Waals surface area (Å²) in [6, 6.07) is 4.91. The van der Waals surface area contributed by atoms with E-state index in [1.54, 1.807) is 24.4 Å². The van der Waals surface area contributed by atoms with E-state index >= 15 is 0 Å². The molecule has 2 N–H and O–H groups in total. The Hall–Kier alpha value is -2.70. The lowest BCUT2D eigenvalue weighted by Gasteiger charge is -2.24. The minimum absolute atomic E-state index is 0.0340. The first-order valence-electron chi connectivity index (χ1n) is 7.63. The Balaban J connectivity index is 1.73. The van der Waals surface area contributed by atoms with Gasteiger partial charge in [0, 0.05) is 18.3 Å². The van der Waals surface area contributed by atoms with E-state index in [-0.39, 0.29) is 17.5 Å². The van der Waals surface area contributed by atoms with Gasteiger partial charge in [-0.2, -0.15) is 5.10 Å². The second kappa shape index (κ2) is 6.60. The second-order valence-electron chi connectivity index (χ2n) is 5.41. The predicted octanol–water partition coefficient (Wildman–Crippen LogP) is 0.851. The second-order valence-corrected chi connectivity index (χ2v) is 5.41. The zero-order chi connectivity index (χ0) is 16.2. The van der Waals surface area contributed by atoms with Crippen molar-refractivity contribution in [2.45, 2.75) is 32.2 Å². The van der Waals surface area contributed by atoms with E-state index in [0.29, 0.717) is 24.5 Å². The van der Waals surface area contributed by atoms with Gasteiger partial charge in [-0.15, -0.1) is 0 Å². The molecule has 23 heavy (non-hydrogen) atoms. The lowest BCUT2D eigenvalue weighted by Crippen LogP contribution is -2.39. The number of nitrogens with one attached hydrogen (secondary N) is 2. The quantitative estimate of drug-likeness (QED) is 0.872. The highest BCUT2D eigenvalue weighted by Gasteiger charge is 2.23. The number of pyridine rings is 1. The topological polar surface area (TPSA) is 97.0 Å². The lowest BCUT2D eigenvalue weighted by atomic mass is 9.92. The molecule has 0 saturated carbocycles. The fourth-order valence-corrected chi connectivity index (χ4v) is 2.74. The van der Waals surface area contributed by atoms with Crippen molar-refractivity contribution in [2.24, 2.45) is 0 Å². The molecule has 0 fully saturated rings. The molecule has 2 aromatic rings. The van der Waals surface area contributed by atoms with Gasteiger partial charge in [0.25, 0.3) is 11.5 Å². The molecule has 3 rings (SSSR count). The van der Waals surface area contributed by atoms with Gasteiger partial charge in [0.15, 0.2) is 0 Å². The molecular formula is C16H18N4O3. The van der Waals surface area contributed by atoms with Crippen molar-refractivity contribution in [1.29, 1.82) is 0 Å². The Kier molecular flexibility index (Phi) is 4.36. The highest BCUT2D eigenvalue weighted by molar-refractivity contribution is 5.96. The van der Waals surface area contributed by atoms with Crippen LogP contribution in [0.1, 0.15) is 35.0 Å². The summed E-state index contributed by atoms with van der Waals surface area (Å²) < 4.78 is 5.39. The molecule has 0 unspecified atom stereocenters. The van der Waals surface area contributed by atoms with Crippen molar-refractivity contribution in [3.05, 3.63) is 51.6 Å². The number of carbonyl (C=O) groups excluding carboxylic acids is 1. The predicted molar refractivity (Wildman–Crippen MR) is 83.5 cm³/mol. The van der Waals surface area contributed by atoms with Gasteiger partial charge in [-0.05, 0) is 43.9 Å². The Morgan fingerprint density at radius 3 is 3.22 bits per heavy atom. The maximum absolute atomic E-state index is 12.5. The van der Waals surface area contributed by atoms with Crippen LogP contribution in [0.2, 0.25) is 0 Å². The number of amides is 1. The van der Waals surface area contributed by atoms with Crippen LogP contribution < -0.4 is 15.6 Å². The SMILES string of the molecule is CCOc1ncccc1C(=O)N[C@@H]1CCc2n[nH]c(=O)cc2C1. The molecule has 120 valence electrons. The number of ether oxygens (including phenoxy) is 1. The highest BCUT2D eigenvalue weighted by Crippen LogP contribution is 2.19. The summed E-state index contributed by atoms with van der Waals surface area (Å²) in [6.07, 6.45) is 3.70. The minimum atomic E-state index is -0.221. The van der Waals surface area contributed by atoms with Crippen LogP contribution in [0, 0.1) is 0 Å². The molecule has 0 spiro atoms. The van der Waals surface area contributed by atoms with E-state index in [1.807, 2.05) is 6.92 Å². The molecule has 0 bridgehead atoms. The van der Waals surface area contributed by atoms with Gasteiger partial charge in [-0.25, -0.2) is 10.1 Å². The molecule has 0 aliphatic heterocycles. The average molecular weight is 314 g/mol. The molecule has 2 heterocycles. The third-order valence-electron chi connectivity index (χ3n) is 3.81. The number of carbonyl (C=O) groups is 1. The number of aromatic amines is 1. The number of hydrogen-bond acceptors (Lipinski definition) is 5. The third kappa shape index (κ3) is 3.39. The molecule has 0 saturated heterocycles. The number of fused-ring (bicyclic) bond motifs is 1. The molecule has 1 aliphatic carbocycles. The van der Waals surface area contributed by atoms with E-state index < -0.39 is 0 Å². The van der Waals surface area contributed by atoms with Gasteiger partial charge in [0.1, 0.15) is 5.56 Å². The number of rotatable bonds is 4. The van der Waals surface area contributed by atoms with Gasteiger partial charge in [0.05, 0.1) is 12.3 Å². The van der Waals surface area contributed by atoms with Crippen LogP contribution in [0.25, 0.3) is 0 Å². The Bertz CT molecular complexity index is 772. The maximum atomic E-state index is 12.5. The van der Waals surface area contributed by atoms with Crippen molar-refractivity contribution in [3.63, 3.8) is 0 Å². The van der Waals surface area contributed by atoms with Crippen molar-refractivity contribution in [2.75, 3.05) is 6.61 Å².